The number of ether oxygens (including phenoxy) is 1. The van der Waals surface area contributed by atoms with Gasteiger partial charge in [-0.3, -0.25) is 0 Å². The van der Waals surface area contributed by atoms with Gasteiger partial charge in [0.2, 0.25) is 0 Å². The van der Waals surface area contributed by atoms with E-state index >= 15 is 0 Å². The predicted molar refractivity (Wildman–Crippen MR) is 61.0 cm³/mol. The van der Waals surface area contributed by atoms with Crippen molar-refractivity contribution < 1.29 is 4.74 Å². The number of benzene rings is 1. The SMILES string of the molecule is COCC(CCl)Cc1cccc(C)c1. The van der Waals surface area contributed by atoms with Crippen molar-refractivity contribution in [2.75, 3.05) is 19.6 Å². The molecule has 1 rings (SSSR count). The van der Waals surface area contributed by atoms with Gasteiger partial charge in [0.15, 0.2) is 0 Å². The summed E-state index contributed by atoms with van der Waals surface area (Å²) >= 11 is 5.86. The van der Waals surface area contributed by atoms with Gasteiger partial charge in [0.1, 0.15) is 0 Å². The Bertz CT molecular complexity index is 273. The third-order valence-electron chi connectivity index (χ3n) is 2.23. The molecular formula is C12H17ClO. The van der Waals surface area contributed by atoms with Crippen molar-refractivity contribution in [3.05, 3.63) is 35.4 Å². The van der Waals surface area contributed by atoms with Crippen LogP contribution in [0.15, 0.2) is 24.3 Å². The number of aryl methyl sites for hydroxylation is 1. The molecule has 0 N–H and O–H groups in total. The Labute approximate surface area is 91.0 Å². The zero-order valence-corrected chi connectivity index (χ0v) is 9.55. The van der Waals surface area contributed by atoms with E-state index in [4.69, 9.17) is 16.3 Å². The molecule has 0 bridgehead atoms. The van der Waals surface area contributed by atoms with Gasteiger partial charge in [-0.05, 0) is 24.8 Å². The van der Waals surface area contributed by atoms with Crippen LogP contribution >= 0.6 is 11.6 Å². The van der Waals surface area contributed by atoms with E-state index in [0.29, 0.717) is 11.8 Å². The van der Waals surface area contributed by atoms with Crippen LogP contribution in [-0.2, 0) is 11.2 Å². The lowest BCUT2D eigenvalue weighted by atomic mass is 10.0. The Morgan fingerprint density at radius 2 is 2.21 bits per heavy atom. The van der Waals surface area contributed by atoms with Crippen LogP contribution in [0.1, 0.15) is 11.1 Å². The van der Waals surface area contributed by atoms with Crippen molar-refractivity contribution in [2.45, 2.75) is 13.3 Å². The molecule has 1 aromatic rings. The van der Waals surface area contributed by atoms with Crippen LogP contribution in [0, 0.1) is 12.8 Å². The second-order valence-electron chi connectivity index (χ2n) is 3.67. The maximum absolute atomic E-state index is 5.86. The first-order valence-electron chi connectivity index (χ1n) is 4.86. The molecule has 0 aromatic heterocycles. The number of rotatable bonds is 5. The lowest BCUT2D eigenvalue weighted by Crippen LogP contribution is -2.13. The monoisotopic (exact) mass is 212 g/mol. The lowest BCUT2D eigenvalue weighted by molar-refractivity contribution is 0.161. The van der Waals surface area contributed by atoms with Gasteiger partial charge in [-0.1, -0.05) is 29.8 Å². The second-order valence-corrected chi connectivity index (χ2v) is 3.98. The van der Waals surface area contributed by atoms with Crippen LogP contribution in [0.4, 0.5) is 0 Å². The standard InChI is InChI=1S/C12H17ClO/c1-10-4-3-5-11(6-10)7-12(8-13)9-14-2/h3-6,12H,7-9H2,1-2H3. The van der Waals surface area contributed by atoms with E-state index in [0.717, 1.165) is 13.0 Å². The average Bonchev–Trinajstić information content (AvgIpc) is 2.17. The minimum Gasteiger partial charge on any atom is -0.384 e. The summed E-state index contributed by atoms with van der Waals surface area (Å²) < 4.78 is 5.11. The normalized spacial score (nSPS) is 12.8. The van der Waals surface area contributed by atoms with Crippen molar-refractivity contribution in [3.8, 4) is 0 Å². The minimum absolute atomic E-state index is 0.420. The van der Waals surface area contributed by atoms with E-state index in [2.05, 4.69) is 31.2 Å². The van der Waals surface area contributed by atoms with Gasteiger partial charge in [-0.15, -0.1) is 11.6 Å². The Morgan fingerprint density at radius 1 is 1.43 bits per heavy atom. The van der Waals surface area contributed by atoms with Crippen molar-refractivity contribution >= 4 is 11.6 Å². The molecule has 1 aromatic carbocycles. The summed E-state index contributed by atoms with van der Waals surface area (Å²) in [5.41, 5.74) is 2.64. The van der Waals surface area contributed by atoms with Crippen molar-refractivity contribution in [1.29, 1.82) is 0 Å². The molecule has 1 unspecified atom stereocenters. The van der Waals surface area contributed by atoms with E-state index in [-0.39, 0.29) is 0 Å². The molecule has 0 amide bonds. The summed E-state index contributed by atoms with van der Waals surface area (Å²) in [5.74, 6) is 1.07. The quantitative estimate of drug-likeness (QED) is 0.682. The van der Waals surface area contributed by atoms with E-state index in [1.807, 2.05) is 0 Å². The number of alkyl halides is 1. The highest BCUT2D eigenvalue weighted by Gasteiger charge is 2.07. The fourth-order valence-electron chi connectivity index (χ4n) is 1.57. The zero-order valence-electron chi connectivity index (χ0n) is 8.79. The van der Waals surface area contributed by atoms with Gasteiger partial charge >= 0.3 is 0 Å². The maximum atomic E-state index is 5.86. The first-order chi connectivity index (χ1) is 6.76. The first-order valence-corrected chi connectivity index (χ1v) is 5.40. The Kier molecular flexibility index (Phi) is 4.99. The van der Waals surface area contributed by atoms with Gasteiger partial charge in [0.25, 0.3) is 0 Å². The van der Waals surface area contributed by atoms with Crippen LogP contribution < -0.4 is 0 Å². The van der Waals surface area contributed by atoms with Gasteiger partial charge in [-0.2, -0.15) is 0 Å². The average molecular weight is 213 g/mol. The smallest absolute Gasteiger partial charge is 0.0505 e. The molecule has 0 heterocycles. The summed E-state index contributed by atoms with van der Waals surface area (Å²) in [6.07, 6.45) is 0.999. The van der Waals surface area contributed by atoms with Crippen molar-refractivity contribution in [2.24, 2.45) is 5.92 Å². The molecule has 0 saturated heterocycles. The van der Waals surface area contributed by atoms with Crippen LogP contribution in [0.3, 0.4) is 0 Å². The third kappa shape index (κ3) is 3.69. The predicted octanol–water partition coefficient (Wildman–Crippen LogP) is 3.04. The molecule has 0 spiro atoms. The Morgan fingerprint density at radius 3 is 2.79 bits per heavy atom. The van der Waals surface area contributed by atoms with E-state index in [1.54, 1.807) is 7.11 Å². The number of hydrogen-bond donors (Lipinski definition) is 0. The molecule has 0 aliphatic rings. The number of methoxy groups -OCH3 is 1. The van der Waals surface area contributed by atoms with Gasteiger partial charge in [0, 0.05) is 13.0 Å². The number of halogens is 1. The largest absolute Gasteiger partial charge is 0.384 e. The fraction of sp³-hybridized carbons (Fsp3) is 0.500. The summed E-state index contributed by atoms with van der Waals surface area (Å²) in [6.45, 7) is 2.84. The summed E-state index contributed by atoms with van der Waals surface area (Å²) in [5, 5.41) is 0. The van der Waals surface area contributed by atoms with E-state index < -0.39 is 0 Å². The molecule has 0 saturated carbocycles. The number of hydrogen-bond acceptors (Lipinski definition) is 1. The van der Waals surface area contributed by atoms with Crippen LogP contribution in [0.5, 0.6) is 0 Å². The lowest BCUT2D eigenvalue weighted by Gasteiger charge is -2.12. The Balaban J connectivity index is 2.57. The third-order valence-corrected chi connectivity index (χ3v) is 2.66. The molecule has 0 radical (unpaired) electrons. The molecule has 1 atom stereocenters. The molecule has 14 heavy (non-hydrogen) atoms. The molecule has 0 aliphatic heterocycles. The Hall–Kier alpha value is -0.530. The van der Waals surface area contributed by atoms with Crippen LogP contribution in [0.2, 0.25) is 0 Å². The molecule has 2 heteroatoms. The van der Waals surface area contributed by atoms with E-state index in [1.165, 1.54) is 11.1 Å². The molecule has 1 nitrogen and oxygen atoms in total. The zero-order chi connectivity index (χ0) is 10.4. The highest BCUT2D eigenvalue weighted by atomic mass is 35.5. The van der Waals surface area contributed by atoms with Gasteiger partial charge in [-0.25, -0.2) is 0 Å². The summed E-state index contributed by atoms with van der Waals surface area (Å²) in [7, 11) is 1.72. The topological polar surface area (TPSA) is 9.23 Å². The van der Waals surface area contributed by atoms with Gasteiger partial charge < -0.3 is 4.74 Å². The highest BCUT2D eigenvalue weighted by molar-refractivity contribution is 6.18. The minimum atomic E-state index is 0.420. The van der Waals surface area contributed by atoms with Crippen molar-refractivity contribution in [1.82, 2.24) is 0 Å². The van der Waals surface area contributed by atoms with Crippen LogP contribution in [0.25, 0.3) is 0 Å². The molecular weight excluding hydrogens is 196 g/mol. The summed E-state index contributed by atoms with van der Waals surface area (Å²) in [4.78, 5) is 0. The molecule has 0 fully saturated rings. The van der Waals surface area contributed by atoms with Crippen molar-refractivity contribution in [3.63, 3.8) is 0 Å². The first kappa shape index (κ1) is 11.5. The molecule has 0 aliphatic carbocycles. The van der Waals surface area contributed by atoms with E-state index in [9.17, 15) is 0 Å². The fourth-order valence-corrected chi connectivity index (χ4v) is 1.76. The maximum Gasteiger partial charge on any atom is 0.0505 e. The van der Waals surface area contributed by atoms with Crippen LogP contribution in [-0.4, -0.2) is 19.6 Å². The summed E-state index contributed by atoms with van der Waals surface area (Å²) in [6, 6.07) is 8.54. The molecule has 78 valence electrons. The highest BCUT2D eigenvalue weighted by Crippen LogP contribution is 2.12. The van der Waals surface area contributed by atoms with Gasteiger partial charge in [0.05, 0.1) is 6.61 Å². The second kappa shape index (κ2) is 6.05.